The third-order valence-electron chi connectivity index (χ3n) is 3.94. The van der Waals surface area contributed by atoms with E-state index in [1.807, 2.05) is 0 Å². The first-order valence-electron chi connectivity index (χ1n) is 6.90. The van der Waals surface area contributed by atoms with Crippen molar-refractivity contribution in [3.8, 4) is 0 Å². The normalized spacial score (nSPS) is 22.5. The van der Waals surface area contributed by atoms with Gasteiger partial charge in [0, 0.05) is 19.1 Å². The molecule has 0 bridgehead atoms. The Morgan fingerprint density at radius 3 is 2.53 bits per heavy atom. The van der Waals surface area contributed by atoms with Gasteiger partial charge >= 0.3 is 5.97 Å². The van der Waals surface area contributed by atoms with Gasteiger partial charge in [-0.05, 0) is 38.1 Å². The number of nitrogens with zero attached hydrogens (tertiary/aromatic N) is 1. The predicted molar refractivity (Wildman–Crippen MR) is 67.0 cm³/mol. The van der Waals surface area contributed by atoms with Crippen molar-refractivity contribution in [1.29, 1.82) is 0 Å². The Balaban J connectivity index is 1.77. The number of carboxylic acids is 1. The van der Waals surface area contributed by atoms with Gasteiger partial charge in [0.1, 0.15) is 6.04 Å². The van der Waals surface area contributed by atoms with Crippen LogP contribution in [0.5, 0.6) is 0 Å². The highest BCUT2D eigenvalue weighted by Gasteiger charge is 2.30. The minimum absolute atomic E-state index is 0.387. The van der Waals surface area contributed by atoms with E-state index in [0.717, 1.165) is 31.8 Å². The molecular formula is C13H24N2O2. The highest BCUT2D eigenvalue weighted by molar-refractivity contribution is 5.73. The fraction of sp³-hybridized carbons (Fsp3) is 0.923. The largest absolute Gasteiger partial charge is 0.480 e. The lowest BCUT2D eigenvalue weighted by atomic mass is 9.85. The molecule has 0 aromatic rings. The average molecular weight is 240 g/mol. The fourth-order valence-corrected chi connectivity index (χ4v) is 2.37. The number of likely N-dealkylation sites (N-methyl/N-ethyl adjacent to an activating group) is 1. The van der Waals surface area contributed by atoms with Crippen LogP contribution in [0.3, 0.4) is 0 Å². The third-order valence-corrected chi connectivity index (χ3v) is 3.94. The Bertz CT molecular complexity index is 262. The number of aliphatic carboxylic acids is 1. The van der Waals surface area contributed by atoms with Gasteiger partial charge < -0.3 is 15.3 Å². The van der Waals surface area contributed by atoms with Gasteiger partial charge in [0.25, 0.3) is 0 Å². The zero-order chi connectivity index (χ0) is 12.3. The molecule has 0 heterocycles. The summed E-state index contributed by atoms with van der Waals surface area (Å²) >= 11 is 0. The average Bonchev–Trinajstić information content (AvgIpc) is 3.03. The van der Waals surface area contributed by atoms with Gasteiger partial charge in [-0.25, -0.2) is 0 Å². The molecule has 2 fully saturated rings. The van der Waals surface area contributed by atoms with Crippen molar-refractivity contribution >= 4 is 5.97 Å². The molecule has 0 aromatic heterocycles. The van der Waals surface area contributed by atoms with E-state index in [4.69, 9.17) is 0 Å². The molecule has 0 saturated heterocycles. The Morgan fingerprint density at radius 1 is 1.41 bits per heavy atom. The maximum atomic E-state index is 11.2. The second-order valence-corrected chi connectivity index (χ2v) is 5.48. The molecular weight excluding hydrogens is 216 g/mol. The van der Waals surface area contributed by atoms with Crippen molar-refractivity contribution in [3.63, 3.8) is 0 Å². The summed E-state index contributed by atoms with van der Waals surface area (Å²) in [6, 6.07) is 0.0704. The van der Waals surface area contributed by atoms with Crippen LogP contribution in [0.1, 0.15) is 39.0 Å². The van der Waals surface area contributed by atoms with Crippen LogP contribution in [0.2, 0.25) is 0 Å². The van der Waals surface area contributed by atoms with Crippen LogP contribution in [0.15, 0.2) is 0 Å². The molecule has 2 N–H and O–H groups in total. The van der Waals surface area contributed by atoms with Gasteiger partial charge in [-0.1, -0.05) is 13.3 Å². The molecule has 4 nitrogen and oxygen atoms in total. The Morgan fingerprint density at radius 2 is 2.12 bits per heavy atom. The molecule has 1 atom stereocenters. The van der Waals surface area contributed by atoms with Crippen LogP contribution in [-0.4, -0.2) is 47.7 Å². The number of nitrogens with one attached hydrogen (secondary N) is 1. The van der Waals surface area contributed by atoms with Gasteiger partial charge in [-0.15, -0.1) is 0 Å². The van der Waals surface area contributed by atoms with E-state index in [-0.39, 0.29) is 6.04 Å². The van der Waals surface area contributed by atoms with Gasteiger partial charge in [0.05, 0.1) is 0 Å². The number of hydrogen-bond donors (Lipinski definition) is 2. The highest BCUT2D eigenvalue weighted by atomic mass is 16.4. The monoisotopic (exact) mass is 240 g/mol. The standard InChI is InChI=1S/C13H24N2O2/c1-2-15(8-10-4-3-5-10)9-12(13(16)17)14-11-6-7-11/h10-12,14H,2-9H2,1H3,(H,16,17). The molecule has 2 rings (SSSR count). The summed E-state index contributed by atoms with van der Waals surface area (Å²) in [5.74, 6) is 0.106. The molecule has 2 aliphatic rings. The van der Waals surface area contributed by atoms with Crippen molar-refractivity contribution in [2.75, 3.05) is 19.6 Å². The van der Waals surface area contributed by atoms with Crippen LogP contribution in [0.25, 0.3) is 0 Å². The minimum atomic E-state index is -0.705. The van der Waals surface area contributed by atoms with Gasteiger partial charge in [0.2, 0.25) is 0 Å². The molecule has 98 valence electrons. The third kappa shape index (κ3) is 3.96. The zero-order valence-corrected chi connectivity index (χ0v) is 10.7. The summed E-state index contributed by atoms with van der Waals surface area (Å²) in [4.78, 5) is 13.5. The number of carboxylic acid groups (broad SMARTS) is 1. The fourth-order valence-electron chi connectivity index (χ4n) is 2.37. The number of hydrogen-bond acceptors (Lipinski definition) is 3. The summed E-state index contributed by atoms with van der Waals surface area (Å²) in [7, 11) is 0. The van der Waals surface area contributed by atoms with Gasteiger partial charge in [0.15, 0.2) is 0 Å². The maximum Gasteiger partial charge on any atom is 0.322 e. The molecule has 1 unspecified atom stereocenters. The lowest BCUT2D eigenvalue weighted by Gasteiger charge is -2.33. The van der Waals surface area contributed by atoms with E-state index in [1.54, 1.807) is 0 Å². The molecule has 2 saturated carbocycles. The Hall–Kier alpha value is -0.610. The molecule has 0 aliphatic heterocycles. The topological polar surface area (TPSA) is 52.6 Å². The second-order valence-electron chi connectivity index (χ2n) is 5.48. The summed E-state index contributed by atoms with van der Waals surface area (Å²) in [6.07, 6.45) is 6.27. The van der Waals surface area contributed by atoms with Crippen molar-refractivity contribution in [2.24, 2.45) is 5.92 Å². The molecule has 0 amide bonds. The smallest absolute Gasteiger partial charge is 0.322 e. The quantitative estimate of drug-likeness (QED) is 0.672. The summed E-state index contributed by atoms with van der Waals surface area (Å²) in [5, 5.41) is 12.4. The van der Waals surface area contributed by atoms with Gasteiger partial charge in [-0.2, -0.15) is 0 Å². The SMILES string of the molecule is CCN(CC1CCC1)CC(NC1CC1)C(=O)O. The predicted octanol–water partition coefficient (Wildman–Crippen LogP) is 1.31. The van der Waals surface area contributed by atoms with E-state index in [2.05, 4.69) is 17.1 Å². The first-order chi connectivity index (χ1) is 8.19. The Kier molecular flexibility index (Phi) is 4.40. The summed E-state index contributed by atoms with van der Waals surface area (Å²) in [5.41, 5.74) is 0. The van der Waals surface area contributed by atoms with E-state index in [0.29, 0.717) is 12.6 Å². The summed E-state index contributed by atoms with van der Waals surface area (Å²) < 4.78 is 0. The van der Waals surface area contributed by atoms with Crippen LogP contribution in [0, 0.1) is 5.92 Å². The van der Waals surface area contributed by atoms with Crippen molar-refractivity contribution < 1.29 is 9.90 Å². The second kappa shape index (κ2) is 5.83. The maximum absolute atomic E-state index is 11.2. The van der Waals surface area contributed by atoms with Crippen LogP contribution in [0.4, 0.5) is 0 Å². The first kappa shape index (κ1) is 12.8. The van der Waals surface area contributed by atoms with E-state index in [9.17, 15) is 9.90 Å². The molecule has 0 radical (unpaired) electrons. The molecule has 17 heavy (non-hydrogen) atoms. The van der Waals surface area contributed by atoms with E-state index in [1.165, 1.54) is 19.3 Å². The molecule has 2 aliphatic carbocycles. The van der Waals surface area contributed by atoms with Crippen LogP contribution < -0.4 is 5.32 Å². The molecule has 4 heteroatoms. The molecule has 0 spiro atoms. The Labute approximate surface area is 103 Å². The van der Waals surface area contributed by atoms with Crippen molar-refractivity contribution in [2.45, 2.75) is 51.1 Å². The van der Waals surface area contributed by atoms with Crippen molar-refractivity contribution in [1.82, 2.24) is 10.2 Å². The van der Waals surface area contributed by atoms with E-state index < -0.39 is 5.97 Å². The van der Waals surface area contributed by atoms with Crippen molar-refractivity contribution in [3.05, 3.63) is 0 Å². The lowest BCUT2D eigenvalue weighted by molar-refractivity contribution is -0.140. The van der Waals surface area contributed by atoms with Crippen LogP contribution in [-0.2, 0) is 4.79 Å². The lowest BCUT2D eigenvalue weighted by Crippen LogP contribution is -2.48. The van der Waals surface area contributed by atoms with Gasteiger partial charge in [-0.3, -0.25) is 4.79 Å². The van der Waals surface area contributed by atoms with E-state index >= 15 is 0 Å². The minimum Gasteiger partial charge on any atom is -0.480 e. The zero-order valence-electron chi connectivity index (χ0n) is 10.7. The summed E-state index contributed by atoms with van der Waals surface area (Å²) in [6.45, 7) is 4.80. The number of carbonyl (C=O) groups is 1. The number of rotatable bonds is 8. The first-order valence-corrected chi connectivity index (χ1v) is 6.90. The van der Waals surface area contributed by atoms with Crippen LogP contribution >= 0.6 is 0 Å². The molecule has 0 aromatic carbocycles. The highest BCUT2D eigenvalue weighted by Crippen LogP contribution is 2.27.